The summed E-state index contributed by atoms with van der Waals surface area (Å²) in [6, 6.07) is 9.62. The molecule has 2 aromatic rings. The molecule has 1 aromatic heterocycles. The highest BCUT2D eigenvalue weighted by Crippen LogP contribution is 2.28. The number of hydrogen-bond donors (Lipinski definition) is 3. The monoisotopic (exact) mass is 243 g/mol. The van der Waals surface area contributed by atoms with Gasteiger partial charge in [-0.25, -0.2) is 0 Å². The second-order valence-corrected chi connectivity index (χ2v) is 5.16. The van der Waals surface area contributed by atoms with Gasteiger partial charge in [0.25, 0.3) is 0 Å². The Morgan fingerprint density at radius 1 is 1.39 bits per heavy atom. The molecule has 2 heterocycles. The number of para-hydroxylation sites is 1. The lowest BCUT2D eigenvalue weighted by molar-refractivity contribution is 0.455. The number of rotatable bonds is 4. The lowest BCUT2D eigenvalue weighted by Gasteiger charge is -2.20. The molecule has 1 fully saturated rings. The third-order valence-electron chi connectivity index (χ3n) is 4.03. The lowest BCUT2D eigenvalue weighted by atomic mass is 9.98. The van der Waals surface area contributed by atoms with Gasteiger partial charge < -0.3 is 15.6 Å². The zero-order valence-corrected chi connectivity index (χ0v) is 10.9. The number of nitrogens with one attached hydrogen (secondary N) is 3. The fraction of sp³-hybridized carbons (Fsp3) is 0.467. The van der Waals surface area contributed by atoms with E-state index in [2.05, 4.69) is 53.1 Å². The third kappa shape index (κ3) is 2.16. The molecule has 0 saturated carbocycles. The summed E-state index contributed by atoms with van der Waals surface area (Å²) in [6.07, 6.45) is 5.94. The minimum absolute atomic E-state index is 0.428. The van der Waals surface area contributed by atoms with Crippen LogP contribution in [0.15, 0.2) is 30.5 Å². The molecule has 3 N–H and O–H groups in total. The molecular formula is C15H21N3. The Hall–Kier alpha value is -1.32. The van der Waals surface area contributed by atoms with Gasteiger partial charge in [-0.15, -0.1) is 0 Å². The minimum Gasteiger partial charge on any atom is -0.361 e. The molecule has 2 atom stereocenters. The number of benzene rings is 1. The van der Waals surface area contributed by atoms with E-state index in [1.54, 1.807) is 0 Å². The standard InChI is InChI=1S/C15H21N3/c1-16-15(9-11-5-4-8-17-11)13-10-18-14-7-3-2-6-12(13)14/h2-3,6-7,10-11,15-18H,4-5,8-9H2,1H3. The van der Waals surface area contributed by atoms with Gasteiger partial charge in [0.2, 0.25) is 0 Å². The highest BCUT2D eigenvalue weighted by atomic mass is 15.0. The Kier molecular flexibility index (Phi) is 3.35. The highest BCUT2D eigenvalue weighted by molar-refractivity contribution is 5.83. The second-order valence-electron chi connectivity index (χ2n) is 5.16. The first-order chi connectivity index (χ1) is 8.88. The van der Waals surface area contributed by atoms with E-state index in [0.717, 1.165) is 0 Å². The fourth-order valence-electron chi connectivity index (χ4n) is 3.02. The Morgan fingerprint density at radius 3 is 3.06 bits per heavy atom. The predicted octanol–water partition coefficient (Wildman–Crippen LogP) is 2.57. The maximum absolute atomic E-state index is 3.58. The second kappa shape index (κ2) is 5.12. The van der Waals surface area contributed by atoms with E-state index in [1.165, 1.54) is 42.3 Å². The van der Waals surface area contributed by atoms with Crippen LogP contribution in [0.4, 0.5) is 0 Å². The normalized spacial score (nSPS) is 21.5. The van der Waals surface area contributed by atoms with Crippen molar-refractivity contribution in [3.8, 4) is 0 Å². The molecule has 1 aromatic carbocycles. The summed E-state index contributed by atoms with van der Waals surface area (Å²) in [6.45, 7) is 1.18. The summed E-state index contributed by atoms with van der Waals surface area (Å²) in [4.78, 5) is 3.37. The van der Waals surface area contributed by atoms with E-state index in [-0.39, 0.29) is 0 Å². The van der Waals surface area contributed by atoms with Gasteiger partial charge in [0, 0.05) is 29.2 Å². The highest BCUT2D eigenvalue weighted by Gasteiger charge is 2.21. The first kappa shape index (κ1) is 11.8. The van der Waals surface area contributed by atoms with Crippen molar-refractivity contribution in [3.63, 3.8) is 0 Å². The van der Waals surface area contributed by atoms with Crippen molar-refractivity contribution in [1.82, 2.24) is 15.6 Å². The summed E-state index contributed by atoms with van der Waals surface area (Å²) < 4.78 is 0. The Balaban J connectivity index is 1.86. The Bertz CT molecular complexity index is 511. The molecule has 0 bridgehead atoms. The van der Waals surface area contributed by atoms with Gasteiger partial charge in [0.1, 0.15) is 0 Å². The zero-order valence-electron chi connectivity index (χ0n) is 10.9. The molecule has 0 amide bonds. The SMILES string of the molecule is CNC(CC1CCCN1)c1c[nH]c2ccccc12. The van der Waals surface area contributed by atoms with Crippen LogP contribution in [0.3, 0.4) is 0 Å². The maximum atomic E-state index is 3.58. The molecular weight excluding hydrogens is 222 g/mol. The fourth-order valence-corrected chi connectivity index (χ4v) is 3.02. The van der Waals surface area contributed by atoms with E-state index in [4.69, 9.17) is 0 Å². The maximum Gasteiger partial charge on any atom is 0.0457 e. The summed E-state index contributed by atoms with van der Waals surface area (Å²) in [5.74, 6) is 0. The first-order valence-corrected chi connectivity index (χ1v) is 6.85. The van der Waals surface area contributed by atoms with Gasteiger partial charge in [-0.2, -0.15) is 0 Å². The van der Waals surface area contributed by atoms with Crippen LogP contribution in [0, 0.1) is 0 Å². The quantitative estimate of drug-likeness (QED) is 0.772. The van der Waals surface area contributed by atoms with Crippen molar-refractivity contribution in [3.05, 3.63) is 36.0 Å². The topological polar surface area (TPSA) is 39.8 Å². The number of aromatic nitrogens is 1. The van der Waals surface area contributed by atoms with Crippen molar-refractivity contribution in [1.29, 1.82) is 0 Å². The van der Waals surface area contributed by atoms with Gasteiger partial charge in [-0.1, -0.05) is 18.2 Å². The molecule has 1 aliphatic heterocycles. The van der Waals surface area contributed by atoms with E-state index < -0.39 is 0 Å². The molecule has 18 heavy (non-hydrogen) atoms. The lowest BCUT2D eigenvalue weighted by Crippen LogP contribution is -2.28. The molecule has 3 heteroatoms. The summed E-state index contributed by atoms with van der Waals surface area (Å²) in [5.41, 5.74) is 2.62. The first-order valence-electron chi connectivity index (χ1n) is 6.85. The molecule has 0 radical (unpaired) electrons. The number of hydrogen-bond acceptors (Lipinski definition) is 2. The van der Waals surface area contributed by atoms with Crippen LogP contribution in [0.5, 0.6) is 0 Å². The van der Waals surface area contributed by atoms with Crippen LogP contribution < -0.4 is 10.6 Å². The Labute approximate surface area is 108 Å². The number of fused-ring (bicyclic) bond motifs is 1. The summed E-state index contributed by atoms with van der Waals surface area (Å²) in [5, 5.41) is 8.39. The molecule has 96 valence electrons. The van der Waals surface area contributed by atoms with Crippen LogP contribution in [0.1, 0.15) is 30.9 Å². The molecule has 0 spiro atoms. The molecule has 1 saturated heterocycles. The molecule has 0 aliphatic carbocycles. The molecule has 2 unspecified atom stereocenters. The van der Waals surface area contributed by atoms with Crippen molar-refractivity contribution < 1.29 is 0 Å². The van der Waals surface area contributed by atoms with Gasteiger partial charge in [-0.3, -0.25) is 0 Å². The van der Waals surface area contributed by atoms with Gasteiger partial charge in [-0.05, 0) is 44.5 Å². The van der Waals surface area contributed by atoms with Crippen LogP contribution in [-0.4, -0.2) is 24.6 Å². The molecule has 3 nitrogen and oxygen atoms in total. The average Bonchev–Trinajstić information content (AvgIpc) is 3.05. The van der Waals surface area contributed by atoms with Crippen LogP contribution in [0.25, 0.3) is 10.9 Å². The van der Waals surface area contributed by atoms with E-state index in [0.29, 0.717) is 12.1 Å². The van der Waals surface area contributed by atoms with Gasteiger partial charge >= 0.3 is 0 Å². The van der Waals surface area contributed by atoms with Crippen molar-refractivity contribution in [2.75, 3.05) is 13.6 Å². The Morgan fingerprint density at radius 2 is 2.28 bits per heavy atom. The third-order valence-corrected chi connectivity index (χ3v) is 4.03. The average molecular weight is 243 g/mol. The van der Waals surface area contributed by atoms with Crippen LogP contribution >= 0.6 is 0 Å². The minimum atomic E-state index is 0.428. The van der Waals surface area contributed by atoms with Crippen LogP contribution in [0.2, 0.25) is 0 Å². The van der Waals surface area contributed by atoms with Crippen molar-refractivity contribution >= 4 is 10.9 Å². The summed E-state index contributed by atoms with van der Waals surface area (Å²) in [7, 11) is 2.06. The molecule has 3 rings (SSSR count). The van der Waals surface area contributed by atoms with Crippen LogP contribution in [-0.2, 0) is 0 Å². The van der Waals surface area contributed by atoms with E-state index >= 15 is 0 Å². The smallest absolute Gasteiger partial charge is 0.0457 e. The van der Waals surface area contributed by atoms with Gasteiger partial charge in [0.05, 0.1) is 0 Å². The number of H-pyrrole nitrogens is 1. The molecule has 1 aliphatic rings. The number of aromatic amines is 1. The van der Waals surface area contributed by atoms with E-state index in [1.807, 2.05) is 0 Å². The largest absolute Gasteiger partial charge is 0.361 e. The summed E-state index contributed by atoms with van der Waals surface area (Å²) >= 11 is 0. The van der Waals surface area contributed by atoms with Crippen molar-refractivity contribution in [2.24, 2.45) is 0 Å². The van der Waals surface area contributed by atoms with Gasteiger partial charge in [0.15, 0.2) is 0 Å². The van der Waals surface area contributed by atoms with Crippen molar-refractivity contribution in [2.45, 2.75) is 31.3 Å². The predicted molar refractivity (Wildman–Crippen MR) is 75.7 cm³/mol. The zero-order chi connectivity index (χ0) is 12.4. The van der Waals surface area contributed by atoms with E-state index in [9.17, 15) is 0 Å².